The minimum Gasteiger partial charge on any atom is -0.493 e. The highest BCUT2D eigenvalue weighted by atomic mass is 79.9. The lowest BCUT2D eigenvalue weighted by atomic mass is 10.1. The molecule has 0 fully saturated rings. The standard InChI is InChI=1S/C14H22BrNO3/c1-11(16)13-10-12(15)4-5-14(13)19-7-3-6-18-9-8-17-2/h4-5,10-11H,3,6-9,16H2,1-2H3/t11-/m1/s1. The fraction of sp³-hybridized carbons (Fsp3) is 0.571. The highest BCUT2D eigenvalue weighted by molar-refractivity contribution is 9.10. The van der Waals surface area contributed by atoms with Crippen molar-refractivity contribution in [1.82, 2.24) is 0 Å². The van der Waals surface area contributed by atoms with Gasteiger partial charge in [0, 0.05) is 36.2 Å². The van der Waals surface area contributed by atoms with Crippen molar-refractivity contribution in [2.45, 2.75) is 19.4 Å². The molecule has 0 spiro atoms. The molecule has 0 unspecified atom stereocenters. The number of halogens is 1. The maximum atomic E-state index is 5.93. The van der Waals surface area contributed by atoms with Crippen LogP contribution in [0.15, 0.2) is 22.7 Å². The summed E-state index contributed by atoms with van der Waals surface area (Å²) in [6, 6.07) is 5.84. The molecule has 108 valence electrons. The summed E-state index contributed by atoms with van der Waals surface area (Å²) in [7, 11) is 1.66. The van der Waals surface area contributed by atoms with Gasteiger partial charge in [0.05, 0.1) is 19.8 Å². The predicted octanol–water partition coefficient (Wildman–Crippen LogP) is 2.90. The SMILES string of the molecule is COCCOCCCOc1ccc(Br)cc1[C@@H](C)N. The van der Waals surface area contributed by atoms with Crippen molar-refractivity contribution < 1.29 is 14.2 Å². The zero-order valence-corrected chi connectivity index (χ0v) is 13.1. The third-order valence-corrected chi connectivity index (χ3v) is 3.08. The first-order valence-electron chi connectivity index (χ1n) is 6.39. The first kappa shape index (κ1) is 16.4. The van der Waals surface area contributed by atoms with Crippen molar-refractivity contribution >= 4 is 15.9 Å². The lowest BCUT2D eigenvalue weighted by molar-refractivity contribution is 0.0644. The predicted molar refractivity (Wildman–Crippen MR) is 79.6 cm³/mol. The van der Waals surface area contributed by atoms with Crippen LogP contribution in [0.2, 0.25) is 0 Å². The van der Waals surface area contributed by atoms with Crippen molar-refractivity contribution in [1.29, 1.82) is 0 Å². The van der Waals surface area contributed by atoms with Crippen LogP contribution in [0.25, 0.3) is 0 Å². The van der Waals surface area contributed by atoms with Crippen LogP contribution < -0.4 is 10.5 Å². The van der Waals surface area contributed by atoms with Crippen LogP contribution in [0.1, 0.15) is 24.9 Å². The molecule has 0 radical (unpaired) electrons. The van der Waals surface area contributed by atoms with Gasteiger partial charge in [-0.3, -0.25) is 0 Å². The van der Waals surface area contributed by atoms with Gasteiger partial charge in [0.25, 0.3) is 0 Å². The van der Waals surface area contributed by atoms with E-state index < -0.39 is 0 Å². The van der Waals surface area contributed by atoms with Gasteiger partial charge >= 0.3 is 0 Å². The number of nitrogens with two attached hydrogens (primary N) is 1. The van der Waals surface area contributed by atoms with Crippen LogP contribution in [0.5, 0.6) is 5.75 Å². The molecule has 1 atom stereocenters. The summed E-state index contributed by atoms with van der Waals surface area (Å²) in [6.45, 7) is 4.49. The molecular formula is C14H22BrNO3. The molecule has 19 heavy (non-hydrogen) atoms. The number of hydrogen-bond donors (Lipinski definition) is 1. The van der Waals surface area contributed by atoms with Crippen molar-refractivity contribution in [3.63, 3.8) is 0 Å². The summed E-state index contributed by atoms with van der Waals surface area (Å²) in [6.07, 6.45) is 0.845. The molecule has 4 nitrogen and oxygen atoms in total. The van der Waals surface area contributed by atoms with E-state index in [2.05, 4.69) is 15.9 Å². The van der Waals surface area contributed by atoms with Crippen molar-refractivity contribution in [3.8, 4) is 5.75 Å². The third-order valence-electron chi connectivity index (χ3n) is 2.58. The Labute approximate surface area is 123 Å². The number of hydrogen-bond acceptors (Lipinski definition) is 4. The lowest BCUT2D eigenvalue weighted by Gasteiger charge is -2.14. The number of ether oxygens (including phenoxy) is 3. The van der Waals surface area contributed by atoms with Crippen LogP contribution in [-0.2, 0) is 9.47 Å². The van der Waals surface area contributed by atoms with E-state index in [-0.39, 0.29) is 6.04 Å². The molecular weight excluding hydrogens is 310 g/mol. The smallest absolute Gasteiger partial charge is 0.124 e. The minimum absolute atomic E-state index is 0.0505. The molecule has 0 saturated heterocycles. The Morgan fingerprint density at radius 1 is 1.21 bits per heavy atom. The van der Waals surface area contributed by atoms with Gasteiger partial charge in [0.2, 0.25) is 0 Å². The average molecular weight is 332 g/mol. The Hall–Kier alpha value is -0.620. The quantitative estimate of drug-likeness (QED) is 0.707. The van der Waals surface area contributed by atoms with E-state index in [1.54, 1.807) is 7.11 Å². The fourth-order valence-electron chi connectivity index (χ4n) is 1.59. The highest BCUT2D eigenvalue weighted by Crippen LogP contribution is 2.27. The number of methoxy groups -OCH3 is 1. The van der Waals surface area contributed by atoms with Gasteiger partial charge in [0.1, 0.15) is 5.75 Å². The van der Waals surface area contributed by atoms with Crippen molar-refractivity contribution in [3.05, 3.63) is 28.2 Å². The molecule has 0 aliphatic rings. The summed E-state index contributed by atoms with van der Waals surface area (Å²) >= 11 is 3.44. The Bertz CT molecular complexity index is 372. The summed E-state index contributed by atoms with van der Waals surface area (Å²) < 4.78 is 17.0. The second-order valence-corrected chi connectivity index (χ2v) is 5.19. The summed E-state index contributed by atoms with van der Waals surface area (Å²) in [5, 5.41) is 0. The van der Waals surface area contributed by atoms with Gasteiger partial charge in [-0.2, -0.15) is 0 Å². The largest absolute Gasteiger partial charge is 0.493 e. The maximum absolute atomic E-state index is 5.93. The first-order valence-corrected chi connectivity index (χ1v) is 7.19. The lowest BCUT2D eigenvalue weighted by Crippen LogP contribution is -2.10. The molecule has 0 aliphatic heterocycles. The van der Waals surface area contributed by atoms with Crippen LogP contribution in [-0.4, -0.2) is 33.5 Å². The third kappa shape index (κ3) is 6.38. The molecule has 0 aromatic heterocycles. The molecule has 1 rings (SSSR count). The summed E-state index contributed by atoms with van der Waals surface area (Å²) in [5.74, 6) is 0.843. The number of rotatable bonds is 9. The van der Waals surface area contributed by atoms with Gasteiger partial charge in [-0.1, -0.05) is 15.9 Å². The van der Waals surface area contributed by atoms with E-state index >= 15 is 0 Å². The molecule has 0 aliphatic carbocycles. The van der Waals surface area contributed by atoms with Crippen LogP contribution in [0, 0.1) is 0 Å². The molecule has 2 N–H and O–H groups in total. The Morgan fingerprint density at radius 2 is 2.00 bits per heavy atom. The average Bonchev–Trinajstić information content (AvgIpc) is 2.39. The van der Waals surface area contributed by atoms with E-state index in [4.69, 9.17) is 19.9 Å². The normalized spacial score (nSPS) is 12.4. The fourth-order valence-corrected chi connectivity index (χ4v) is 1.97. The van der Waals surface area contributed by atoms with Crippen LogP contribution in [0.3, 0.4) is 0 Å². The van der Waals surface area contributed by atoms with Gasteiger partial charge in [0.15, 0.2) is 0 Å². The second kappa shape index (κ2) is 9.31. The molecule has 1 aromatic rings. The van der Waals surface area contributed by atoms with E-state index in [1.807, 2.05) is 25.1 Å². The van der Waals surface area contributed by atoms with Gasteiger partial charge < -0.3 is 19.9 Å². The monoisotopic (exact) mass is 331 g/mol. The van der Waals surface area contributed by atoms with Crippen LogP contribution >= 0.6 is 15.9 Å². The Morgan fingerprint density at radius 3 is 2.68 bits per heavy atom. The van der Waals surface area contributed by atoms with E-state index in [1.165, 1.54) is 0 Å². The maximum Gasteiger partial charge on any atom is 0.124 e. The zero-order valence-electron chi connectivity index (χ0n) is 11.5. The Kier molecular flexibility index (Phi) is 8.05. The molecule has 5 heteroatoms. The van der Waals surface area contributed by atoms with Gasteiger partial charge in [-0.05, 0) is 25.1 Å². The second-order valence-electron chi connectivity index (χ2n) is 4.28. The van der Waals surface area contributed by atoms with E-state index in [0.717, 1.165) is 22.2 Å². The number of benzene rings is 1. The summed E-state index contributed by atoms with van der Waals surface area (Å²) in [5.41, 5.74) is 6.94. The molecule has 0 heterocycles. The molecule has 1 aromatic carbocycles. The molecule has 0 amide bonds. The highest BCUT2D eigenvalue weighted by Gasteiger charge is 2.08. The van der Waals surface area contributed by atoms with Crippen molar-refractivity contribution in [2.24, 2.45) is 5.73 Å². The first-order chi connectivity index (χ1) is 9.15. The van der Waals surface area contributed by atoms with Crippen molar-refractivity contribution in [2.75, 3.05) is 33.5 Å². The van der Waals surface area contributed by atoms with E-state index in [0.29, 0.717) is 26.4 Å². The minimum atomic E-state index is -0.0505. The summed E-state index contributed by atoms with van der Waals surface area (Å²) in [4.78, 5) is 0. The zero-order chi connectivity index (χ0) is 14.1. The van der Waals surface area contributed by atoms with Gasteiger partial charge in [-0.25, -0.2) is 0 Å². The molecule has 0 saturated carbocycles. The molecule has 0 bridgehead atoms. The van der Waals surface area contributed by atoms with E-state index in [9.17, 15) is 0 Å². The Balaban J connectivity index is 2.33. The van der Waals surface area contributed by atoms with Gasteiger partial charge in [-0.15, -0.1) is 0 Å². The topological polar surface area (TPSA) is 53.7 Å². The van der Waals surface area contributed by atoms with Crippen LogP contribution in [0.4, 0.5) is 0 Å².